The zero-order valence-electron chi connectivity index (χ0n) is 13.0. The number of pyridine rings is 1. The molecule has 3 aromatic rings. The molecule has 1 heterocycles. The molecule has 0 unspecified atom stereocenters. The van der Waals surface area contributed by atoms with Crippen LogP contribution in [-0.4, -0.2) is 10.9 Å². The third-order valence-electron chi connectivity index (χ3n) is 3.40. The minimum Gasteiger partial charge on any atom is -0.354 e. The van der Waals surface area contributed by atoms with Crippen LogP contribution in [-0.2, 0) is 0 Å². The lowest BCUT2D eigenvalue weighted by Crippen LogP contribution is -2.14. The number of nitrogens with zero attached hydrogens (tertiary/aromatic N) is 2. The normalized spacial score (nSPS) is 9.92. The van der Waals surface area contributed by atoms with Gasteiger partial charge in [0.2, 0.25) is 0 Å². The summed E-state index contributed by atoms with van der Waals surface area (Å²) < 4.78 is 13.6. The predicted molar refractivity (Wildman–Crippen MR) is 93.0 cm³/mol. The molecule has 0 aliphatic heterocycles. The number of carbonyl (C=O) groups is 1. The molecule has 3 rings (SSSR count). The van der Waals surface area contributed by atoms with E-state index in [1.54, 1.807) is 36.4 Å². The zero-order chi connectivity index (χ0) is 17.6. The van der Waals surface area contributed by atoms with Crippen LogP contribution in [0.5, 0.6) is 0 Å². The van der Waals surface area contributed by atoms with Gasteiger partial charge in [0.25, 0.3) is 5.91 Å². The van der Waals surface area contributed by atoms with Crippen LogP contribution in [0.2, 0.25) is 0 Å². The van der Waals surface area contributed by atoms with E-state index >= 15 is 0 Å². The fourth-order valence-corrected chi connectivity index (χ4v) is 2.20. The second kappa shape index (κ2) is 7.23. The quantitative estimate of drug-likeness (QED) is 0.754. The van der Waals surface area contributed by atoms with Gasteiger partial charge in [-0.25, -0.2) is 9.37 Å². The van der Waals surface area contributed by atoms with Gasteiger partial charge in [0.1, 0.15) is 11.6 Å². The van der Waals surface area contributed by atoms with Gasteiger partial charge in [0.05, 0.1) is 29.1 Å². The minimum absolute atomic E-state index is 0.0418. The summed E-state index contributed by atoms with van der Waals surface area (Å²) in [6, 6.07) is 18.2. The van der Waals surface area contributed by atoms with Gasteiger partial charge in [-0.05, 0) is 42.5 Å². The van der Waals surface area contributed by atoms with Gasteiger partial charge in [0, 0.05) is 5.69 Å². The number of carbonyl (C=O) groups excluding carboxylic acids is 1. The topological polar surface area (TPSA) is 77.8 Å². The first-order chi connectivity index (χ1) is 12.2. The second-order valence-corrected chi connectivity index (χ2v) is 5.18. The number of halogens is 1. The molecule has 122 valence electrons. The molecule has 6 heteroatoms. The van der Waals surface area contributed by atoms with E-state index in [-0.39, 0.29) is 5.56 Å². The summed E-state index contributed by atoms with van der Waals surface area (Å²) in [5, 5.41) is 14.6. The van der Waals surface area contributed by atoms with Crippen LogP contribution in [0.25, 0.3) is 0 Å². The van der Waals surface area contributed by atoms with E-state index < -0.39 is 11.7 Å². The molecule has 0 aliphatic carbocycles. The fourth-order valence-electron chi connectivity index (χ4n) is 2.20. The molecule has 1 aromatic heterocycles. The summed E-state index contributed by atoms with van der Waals surface area (Å²) in [6.07, 6.45) is 1.54. The predicted octanol–water partition coefficient (Wildman–Crippen LogP) is 4.09. The Balaban J connectivity index is 1.69. The number of nitriles is 1. The molecule has 0 atom stereocenters. The first kappa shape index (κ1) is 16.1. The Hall–Kier alpha value is -3.72. The van der Waals surface area contributed by atoms with Crippen molar-refractivity contribution in [2.75, 3.05) is 10.6 Å². The summed E-state index contributed by atoms with van der Waals surface area (Å²) in [5.74, 6) is -0.840. The Bertz CT molecular complexity index is 948. The second-order valence-electron chi connectivity index (χ2n) is 5.18. The maximum Gasteiger partial charge on any atom is 0.259 e. The first-order valence-electron chi connectivity index (χ1n) is 7.45. The molecule has 0 saturated heterocycles. The van der Waals surface area contributed by atoms with Crippen LogP contribution in [0.4, 0.5) is 21.6 Å². The van der Waals surface area contributed by atoms with Gasteiger partial charge < -0.3 is 10.6 Å². The van der Waals surface area contributed by atoms with E-state index in [1.807, 2.05) is 6.07 Å². The van der Waals surface area contributed by atoms with E-state index in [2.05, 4.69) is 21.7 Å². The Morgan fingerprint density at radius 2 is 1.88 bits per heavy atom. The fraction of sp³-hybridized carbons (Fsp3) is 0. The standard InChI is InChI=1S/C19H13FN4O/c20-17-7-2-1-6-16(17)19(25)24-18-9-8-15(12-22-18)23-14-5-3-4-13(10-14)11-21/h1-10,12,23H,(H,22,24,25). The zero-order valence-corrected chi connectivity index (χ0v) is 13.0. The molecule has 0 spiro atoms. The number of benzene rings is 2. The molecule has 0 fully saturated rings. The van der Waals surface area contributed by atoms with Crippen molar-refractivity contribution < 1.29 is 9.18 Å². The lowest BCUT2D eigenvalue weighted by atomic mass is 10.2. The third-order valence-corrected chi connectivity index (χ3v) is 3.40. The number of nitrogens with one attached hydrogen (secondary N) is 2. The maximum atomic E-state index is 13.6. The van der Waals surface area contributed by atoms with Crippen LogP contribution in [0.3, 0.4) is 0 Å². The van der Waals surface area contributed by atoms with E-state index in [9.17, 15) is 9.18 Å². The average Bonchev–Trinajstić information content (AvgIpc) is 2.64. The highest BCUT2D eigenvalue weighted by Crippen LogP contribution is 2.18. The maximum absolute atomic E-state index is 13.6. The molecule has 5 nitrogen and oxygen atoms in total. The van der Waals surface area contributed by atoms with Crippen LogP contribution in [0.15, 0.2) is 66.9 Å². The van der Waals surface area contributed by atoms with E-state index in [0.717, 1.165) is 5.69 Å². The van der Waals surface area contributed by atoms with Gasteiger partial charge in [-0.1, -0.05) is 18.2 Å². The Morgan fingerprint density at radius 1 is 1.04 bits per heavy atom. The summed E-state index contributed by atoms with van der Waals surface area (Å²) >= 11 is 0. The van der Waals surface area contributed by atoms with E-state index in [4.69, 9.17) is 5.26 Å². The number of rotatable bonds is 4. The molecule has 0 radical (unpaired) electrons. The number of hydrogen-bond acceptors (Lipinski definition) is 4. The molecule has 2 N–H and O–H groups in total. The van der Waals surface area contributed by atoms with Crippen molar-refractivity contribution in [1.29, 1.82) is 5.26 Å². The van der Waals surface area contributed by atoms with Crippen LogP contribution < -0.4 is 10.6 Å². The average molecular weight is 332 g/mol. The van der Waals surface area contributed by atoms with Crippen molar-refractivity contribution in [2.45, 2.75) is 0 Å². The number of aromatic nitrogens is 1. The van der Waals surface area contributed by atoms with Crippen molar-refractivity contribution in [1.82, 2.24) is 4.98 Å². The van der Waals surface area contributed by atoms with Crippen molar-refractivity contribution in [3.8, 4) is 6.07 Å². The summed E-state index contributed by atoms with van der Waals surface area (Å²) in [5.41, 5.74) is 1.95. The van der Waals surface area contributed by atoms with Crippen molar-refractivity contribution in [2.24, 2.45) is 0 Å². The molecule has 0 saturated carbocycles. The van der Waals surface area contributed by atoms with Crippen LogP contribution in [0, 0.1) is 17.1 Å². The smallest absolute Gasteiger partial charge is 0.259 e. The summed E-state index contributed by atoms with van der Waals surface area (Å²) in [6.45, 7) is 0. The molecule has 25 heavy (non-hydrogen) atoms. The van der Waals surface area contributed by atoms with Gasteiger partial charge in [-0.2, -0.15) is 5.26 Å². The van der Waals surface area contributed by atoms with Crippen molar-refractivity contribution in [3.63, 3.8) is 0 Å². The monoisotopic (exact) mass is 332 g/mol. The Kier molecular flexibility index (Phi) is 4.67. The molecule has 0 aliphatic rings. The highest BCUT2D eigenvalue weighted by Gasteiger charge is 2.11. The van der Waals surface area contributed by atoms with Gasteiger partial charge in [0.15, 0.2) is 0 Å². The van der Waals surface area contributed by atoms with Gasteiger partial charge >= 0.3 is 0 Å². The summed E-state index contributed by atoms with van der Waals surface area (Å²) in [7, 11) is 0. The number of hydrogen-bond donors (Lipinski definition) is 2. The lowest BCUT2D eigenvalue weighted by molar-refractivity contribution is 0.102. The highest BCUT2D eigenvalue weighted by atomic mass is 19.1. The van der Waals surface area contributed by atoms with Crippen LogP contribution >= 0.6 is 0 Å². The van der Waals surface area contributed by atoms with E-state index in [0.29, 0.717) is 17.1 Å². The molecule has 0 bridgehead atoms. The Morgan fingerprint density at radius 3 is 2.60 bits per heavy atom. The van der Waals surface area contributed by atoms with Gasteiger partial charge in [-0.3, -0.25) is 4.79 Å². The SMILES string of the molecule is N#Cc1cccc(Nc2ccc(NC(=O)c3ccccc3F)nc2)c1. The van der Waals surface area contributed by atoms with Gasteiger partial charge in [-0.15, -0.1) is 0 Å². The van der Waals surface area contributed by atoms with E-state index in [1.165, 1.54) is 24.4 Å². The largest absolute Gasteiger partial charge is 0.354 e. The number of amides is 1. The summed E-state index contributed by atoms with van der Waals surface area (Å²) in [4.78, 5) is 16.2. The highest BCUT2D eigenvalue weighted by molar-refractivity contribution is 6.03. The molecular formula is C19H13FN4O. The minimum atomic E-state index is -0.587. The van der Waals surface area contributed by atoms with Crippen molar-refractivity contribution in [3.05, 3.63) is 83.8 Å². The Labute approximate surface area is 143 Å². The number of anilines is 3. The molecule has 2 aromatic carbocycles. The lowest BCUT2D eigenvalue weighted by Gasteiger charge is -2.08. The molecular weight excluding hydrogens is 319 g/mol. The third kappa shape index (κ3) is 3.98. The first-order valence-corrected chi connectivity index (χ1v) is 7.45. The van der Waals surface area contributed by atoms with Crippen molar-refractivity contribution >= 4 is 23.1 Å². The van der Waals surface area contributed by atoms with Crippen LogP contribution in [0.1, 0.15) is 15.9 Å². The molecule has 1 amide bonds.